The minimum Gasteiger partial charge on any atom is -0.467 e. The van der Waals surface area contributed by atoms with Crippen molar-refractivity contribution < 1.29 is 9.21 Å². The summed E-state index contributed by atoms with van der Waals surface area (Å²) in [6, 6.07) is 8.73. The van der Waals surface area contributed by atoms with Crippen molar-refractivity contribution in [3.63, 3.8) is 0 Å². The third-order valence-electron chi connectivity index (χ3n) is 2.42. The molecule has 0 spiro atoms. The average Bonchev–Trinajstić information content (AvgIpc) is 2.89. The van der Waals surface area contributed by atoms with Gasteiger partial charge < -0.3 is 9.73 Å². The van der Waals surface area contributed by atoms with E-state index >= 15 is 0 Å². The maximum atomic E-state index is 11.6. The molecule has 1 N–H and O–H groups in total. The van der Waals surface area contributed by atoms with Crippen LogP contribution in [0.5, 0.6) is 0 Å². The highest BCUT2D eigenvalue weighted by Crippen LogP contribution is 2.25. The van der Waals surface area contributed by atoms with E-state index in [9.17, 15) is 4.79 Å². The van der Waals surface area contributed by atoms with Crippen LogP contribution in [0.1, 0.15) is 11.3 Å². The average molecular weight is 296 g/mol. The van der Waals surface area contributed by atoms with Crippen LogP contribution in [0.4, 0.5) is 0 Å². The van der Waals surface area contributed by atoms with Gasteiger partial charge in [0.15, 0.2) is 0 Å². The van der Waals surface area contributed by atoms with Gasteiger partial charge in [0.05, 0.1) is 12.8 Å². The maximum Gasteiger partial charge on any atom is 0.244 e. The number of nitrogens with one attached hydrogen (secondary N) is 1. The minimum absolute atomic E-state index is 0.243. The number of carbonyl (C=O) groups is 1. The zero-order chi connectivity index (χ0) is 13.7. The summed E-state index contributed by atoms with van der Waals surface area (Å²) in [5.41, 5.74) is 0.624. The summed E-state index contributed by atoms with van der Waals surface area (Å²) >= 11 is 12.0. The van der Waals surface area contributed by atoms with Gasteiger partial charge in [-0.3, -0.25) is 4.79 Å². The topological polar surface area (TPSA) is 42.2 Å². The van der Waals surface area contributed by atoms with E-state index in [-0.39, 0.29) is 5.91 Å². The molecule has 0 radical (unpaired) electrons. The highest BCUT2D eigenvalue weighted by atomic mass is 35.5. The number of amides is 1. The highest BCUT2D eigenvalue weighted by Gasteiger charge is 2.03. The molecule has 0 saturated carbocycles. The Kier molecular flexibility index (Phi) is 4.66. The van der Waals surface area contributed by atoms with Gasteiger partial charge in [-0.2, -0.15) is 0 Å². The summed E-state index contributed by atoms with van der Waals surface area (Å²) in [5, 5.41) is 3.69. The van der Waals surface area contributed by atoms with Gasteiger partial charge in [-0.05, 0) is 30.3 Å². The first kappa shape index (κ1) is 13.7. The van der Waals surface area contributed by atoms with E-state index in [0.717, 1.165) is 0 Å². The minimum atomic E-state index is -0.243. The summed E-state index contributed by atoms with van der Waals surface area (Å²) < 4.78 is 5.10. The number of hydrogen-bond acceptors (Lipinski definition) is 2. The second kappa shape index (κ2) is 6.45. The van der Waals surface area contributed by atoms with Crippen molar-refractivity contribution in [2.75, 3.05) is 0 Å². The lowest BCUT2D eigenvalue weighted by Gasteiger charge is -2.01. The lowest BCUT2D eigenvalue weighted by Crippen LogP contribution is -2.19. The van der Waals surface area contributed by atoms with Gasteiger partial charge in [0.1, 0.15) is 5.76 Å². The van der Waals surface area contributed by atoms with Gasteiger partial charge in [-0.1, -0.05) is 29.3 Å². The van der Waals surface area contributed by atoms with E-state index in [1.54, 1.807) is 42.7 Å². The lowest BCUT2D eigenvalue weighted by molar-refractivity contribution is -0.116. The Labute approximate surface area is 120 Å². The van der Waals surface area contributed by atoms with Crippen molar-refractivity contribution >= 4 is 35.2 Å². The molecule has 1 aromatic carbocycles. The SMILES string of the molecule is O=C(C=Cc1c(Cl)cccc1Cl)NCc1ccco1. The summed E-state index contributed by atoms with van der Waals surface area (Å²) in [6.07, 6.45) is 4.53. The number of hydrogen-bond donors (Lipinski definition) is 1. The van der Waals surface area contributed by atoms with Crippen LogP contribution < -0.4 is 5.32 Å². The third kappa shape index (κ3) is 3.88. The molecule has 2 aromatic rings. The molecule has 0 unspecified atom stereocenters. The molecule has 1 heterocycles. The van der Waals surface area contributed by atoms with Crippen molar-refractivity contribution in [3.8, 4) is 0 Å². The maximum absolute atomic E-state index is 11.6. The molecule has 0 aliphatic heterocycles. The highest BCUT2D eigenvalue weighted by molar-refractivity contribution is 6.37. The summed E-state index contributed by atoms with van der Waals surface area (Å²) in [7, 11) is 0. The van der Waals surface area contributed by atoms with Crippen LogP contribution in [0.3, 0.4) is 0 Å². The predicted molar refractivity (Wildman–Crippen MR) is 76.1 cm³/mol. The molecule has 1 amide bonds. The van der Waals surface area contributed by atoms with Gasteiger partial charge in [-0.15, -0.1) is 0 Å². The van der Waals surface area contributed by atoms with Crippen LogP contribution >= 0.6 is 23.2 Å². The Morgan fingerprint density at radius 3 is 2.58 bits per heavy atom. The molecular weight excluding hydrogens is 285 g/mol. The number of carbonyl (C=O) groups excluding carboxylic acids is 1. The number of rotatable bonds is 4. The molecule has 0 aliphatic rings. The molecule has 2 rings (SSSR count). The molecule has 0 fully saturated rings. The van der Waals surface area contributed by atoms with Crippen molar-refractivity contribution in [2.45, 2.75) is 6.54 Å². The number of benzene rings is 1. The standard InChI is InChI=1S/C14H11Cl2NO2/c15-12-4-1-5-13(16)11(12)6-7-14(18)17-9-10-3-2-8-19-10/h1-8H,9H2,(H,17,18). The van der Waals surface area contributed by atoms with E-state index in [4.69, 9.17) is 27.6 Å². The van der Waals surface area contributed by atoms with Crippen molar-refractivity contribution in [1.29, 1.82) is 0 Å². The van der Waals surface area contributed by atoms with E-state index in [1.807, 2.05) is 0 Å². The summed E-state index contributed by atoms with van der Waals surface area (Å²) in [5.74, 6) is 0.449. The zero-order valence-electron chi connectivity index (χ0n) is 9.90. The largest absolute Gasteiger partial charge is 0.467 e. The molecule has 98 valence electrons. The second-order valence-corrected chi connectivity index (χ2v) is 4.58. The fourth-order valence-corrected chi connectivity index (χ4v) is 2.00. The van der Waals surface area contributed by atoms with Crippen LogP contribution in [-0.4, -0.2) is 5.91 Å². The van der Waals surface area contributed by atoms with Crippen LogP contribution in [-0.2, 0) is 11.3 Å². The van der Waals surface area contributed by atoms with Gasteiger partial charge in [0.2, 0.25) is 5.91 Å². The van der Waals surface area contributed by atoms with E-state index in [2.05, 4.69) is 5.32 Å². The third-order valence-corrected chi connectivity index (χ3v) is 3.08. The van der Waals surface area contributed by atoms with Crippen LogP contribution in [0.2, 0.25) is 10.0 Å². The molecule has 1 aromatic heterocycles. The molecular formula is C14H11Cl2NO2. The molecule has 19 heavy (non-hydrogen) atoms. The smallest absolute Gasteiger partial charge is 0.244 e. The van der Waals surface area contributed by atoms with Crippen molar-refractivity contribution in [2.24, 2.45) is 0 Å². The number of furan rings is 1. The van der Waals surface area contributed by atoms with E-state index in [1.165, 1.54) is 6.08 Å². The van der Waals surface area contributed by atoms with E-state index < -0.39 is 0 Å². The lowest BCUT2D eigenvalue weighted by atomic mass is 10.2. The van der Waals surface area contributed by atoms with E-state index in [0.29, 0.717) is 27.9 Å². The van der Waals surface area contributed by atoms with Crippen LogP contribution in [0.15, 0.2) is 47.1 Å². The molecule has 0 saturated heterocycles. The summed E-state index contributed by atoms with van der Waals surface area (Å²) in [6.45, 7) is 0.340. The Morgan fingerprint density at radius 2 is 1.95 bits per heavy atom. The number of halogens is 2. The Morgan fingerprint density at radius 1 is 1.21 bits per heavy atom. The monoisotopic (exact) mass is 295 g/mol. The Bertz CT molecular complexity index is 571. The Hall–Kier alpha value is -1.71. The second-order valence-electron chi connectivity index (χ2n) is 3.77. The first-order chi connectivity index (χ1) is 9.16. The molecule has 3 nitrogen and oxygen atoms in total. The van der Waals surface area contributed by atoms with Gasteiger partial charge in [0, 0.05) is 21.7 Å². The molecule has 5 heteroatoms. The fourth-order valence-electron chi connectivity index (χ4n) is 1.48. The van der Waals surface area contributed by atoms with Crippen molar-refractivity contribution in [3.05, 3.63) is 64.0 Å². The quantitative estimate of drug-likeness (QED) is 0.869. The predicted octanol–water partition coefficient (Wildman–Crippen LogP) is 3.92. The molecule has 0 aliphatic carbocycles. The normalized spacial score (nSPS) is 10.8. The van der Waals surface area contributed by atoms with Gasteiger partial charge >= 0.3 is 0 Å². The zero-order valence-corrected chi connectivity index (χ0v) is 11.4. The van der Waals surface area contributed by atoms with Crippen LogP contribution in [0.25, 0.3) is 6.08 Å². The first-order valence-electron chi connectivity index (χ1n) is 5.59. The van der Waals surface area contributed by atoms with Gasteiger partial charge in [0.25, 0.3) is 0 Å². The fraction of sp³-hybridized carbons (Fsp3) is 0.0714. The van der Waals surface area contributed by atoms with Crippen LogP contribution in [0, 0.1) is 0 Å². The Balaban J connectivity index is 1.96. The van der Waals surface area contributed by atoms with Gasteiger partial charge in [-0.25, -0.2) is 0 Å². The molecule has 0 atom stereocenters. The first-order valence-corrected chi connectivity index (χ1v) is 6.34. The summed E-state index contributed by atoms with van der Waals surface area (Å²) in [4.78, 5) is 11.6. The van der Waals surface area contributed by atoms with Crippen molar-refractivity contribution in [1.82, 2.24) is 5.32 Å². The molecule has 0 bridgehead atoms.